The molecular formula is C12H15Br2NO3. The minimum absolute atomic E-state index is 0.165. The molecule has 0 aliphatic carbocycles. The van der Waals surface area contributed by atoms with Crippen LogP contribution in [0.25, 0.3) is 0 Å². The number of halogens is 2. The quantitative estimate of drug-likeness (QED) is 0.757. The molecule has 18 heavy (non-hydrogen) atoms. The Morgan fingerprint density at radius 3 is 2.56 bits per heavy atom. The van der Waals surface area contributed by atoms with Crippen LogP contribution in [-0.4, -0.2) is 16.1 Å². The van der Waals surface area contributed by atoms with Gasteiger partial charge < -0.3 is 9.30 Å². The lowest BCUT2D eigenvalue weighted by Gasteiger charge is -2.19. The number of aryl methyl sites for hydroxylation is 1. The van der Waals surface area contributed by atoms with Gasteiger partial charge in [-0.2, -0.15) is 0 Å². The number of pyridine rings is 1. The third kappa shape index (κ3) is 4.94. The molecular weight excluding hydrogens is 366 g/mol. The van der Waals surface area contributed by atoms with Crippen LogP contribution in [0.15, 0.2) is 26.0 Å². The SMILES string of the molecule is CC(C)(C)OC(=O)CCn1cc(Br)cc(Br)c1=O. The van der Waals surface area contributed by atoms with Gasteiger partial charge in [0, 0.05) is 17.2 Å². The van der Waals surface area contributed by atoms with Crippen LogP contribution in [0.2, 0.25) is 0 Å². The maximum atomic E-state index is 11.8. The number of ether oxygens (including phenoxy) is 1. The summed E-state index contributed by atoms with van der Waals surface area (Å²) in [5, 5.41) is 0. The molecule has 1 heterocycles. The minimum atomic E-state index is -0.500. The molecule has 100 valence electrons. The standard InChI is InChI=1S/C12H15Br2NO3/c1-12(2,3)18-10(16)4-5-15-7-8(13)6-9(14)11(15)17/h6-7H,4-5H2,1-3H3. The highest BCUT2D eigenvalue weighted by atomic mass is 79.9. The number of hydrogen-bond donors (Lipinski definition) is 0. The first-order chi connectivity index (χ1) is 8.19. The zero-order chi connectivity index (χ0) is 13.9. The monoisotopic (exact) mass is 379 g/mol. The molecule has 0 bridgehead atoms. The van der Waals surface area contributed by atoms with Crippen molar-refractivity contribution in [3.63, 3.8) is 0 Å². The second kappa shape index (κ2) is 6.02. The first-order valence-corrected chi connectivity index (χ1v) is 7.05. The molecule has 1 aromatic heterocycles. The molecule has 0 atom stereocenters. The number of nitrogens with zero attached hydrogens (tertiary/aromatic N) is 1. The number of rotatable bonds is 3. The highest BCUT2D eigenvalue weighted by Crippen LogP contribution is 2.13. The highest BCUT2D eigenvalue weighted by Gasteiger charge is 2.16. The number of esters is 1. The molecule has 0 aromatic carbocycles. The van der Waals surface area contributed by atoms with E-state index in [0.29, 0.717) is 11.0 Å². The third-order valence-electron chi connectivity index (χ3n) is 1.99. The Kier molecular flexibility index (Phi) is 5.16. The molecule has 0 radical (unpaired) electrons. The van der Waals surface area contributed by atoms with Gasteiger partial charge in [-0.1, -0.05) is 0 Å². The van der Waals surface area contributed by atoms with Gasteiger partial charge >= 0.3 is 5.97 Å². The fourth-order valence-electron chi connectivity index (χ4n) is 1.34. The Hall–Kier alpha value is -0.620. The predicted molar refractivity (Wildman–Crippen MR) is 76.6 cm³/mol. The molecule has 0 fully saturated rings. The van der Waals surface area contributed by atoms with E-state index in [4.69, 9.17) is 4.74 Å². The van der Waals surface area contributed by atoms with Gasteiger partial charge in [0.1, 0.15) is 5.60 Å². The van der Waals surface area contributed by atoms with Crippen LogP contribution in [0.1, 0.15) is 27.2 Å². The highest BCUT2D eigenvalue weighted by molar-refractivity contribution is 9.11. The molecule has 0 spiro atoms. The van der Waals surface area contributed by atoms with Gasteiger partial charge in [0.15, 0.2) is 0 Å². The molecule has 4 nitrogen and oxygen atoms in total. The Morgan fingerprint density at radius 1 is 1.39 bits per heavy atom. The molecule has 0 aliphatic heterocycles. The molecule has 0 amide bonds. The molecule has 0 saturated carbocycles. The number of hydrogen-bond acceptors (Lipinski definition) is 3. The Morgan fingerprint density at radius 2 is 2.00 bits per heavy atom. The third-order valence-corrected chi connectivity index (χ3v) is 2.99. The smallest absolute Gasteiger partial charge is 0.308 e. The topological polar surface area (TPSA) is 48.3 Å². The molecule has 1 aromatic rings. The van der Waals surface area contributed by atoms with E-state index in [9.17, 15) is 9.59 Å². The van der Waals surface area contributed by atoms with Crippen molar-refractivity contribution in [3.05, 3.63) is 31.6 Å². The van der Waals surface area contributed by atoms with Crippen molar-refractivity contribution in [2.75, 3.05) is 0 Å². The van der Waals surface area contributed by atoms with Crippen molar-refractivity contribution in [1.29, 1.82) is 0 Å². The van der Waals surface area contributed by atoms with Crippen molar-refractivity contribution >= 4 is 37.8 Å². The lowest BCUT2D eigenvalue weighted by Crippen LogP contribution is -2.26. The van der Waals surface area contributed by atoms with Crippen LogP contribution in [0.3, 0.4) is 0 Å². The van der Waals surface area contributed by atoms with Gasteiger partial charge in [0.25, 0.3) is 5.56 Å². The van der Waals surface area contributed by atoms with E-state index < -0.39 is 5.60 Å². The van der Waals surface area contributed by atoms with Crippen LogP contribution in [0, 0.1) is 0 Å². The Labute approximate surface area is 123 Å². The summed E-state index contributed by atoms with van der Waals surface area (Å²) in [6.45, 7) is 5.73. The number of carbonyl (C=O) groups is 1. The van der Waals surface area contributed by atoms with Gasteiger partial charge in [0.2, 0.25) is 0 Å². The number of aromatic nitrogens is 1. The van der Waals surface area contributed by atoms with Crippen molar-refractivity contribution in [2.45, 2.75) is 39.3 Å². The van der Waals surface area contributed by atoms with Crippen molar-refractivity contribution in [2.24, 2.45) is 0 Å². The van der Waals surface area contributed by atoms with E-state index in [-0.39, 0.29) is 17.9 Å². The fraction of sp³-hybridized carbons (Fsp3) is 0.500. The second-order valence-corrected chi connectivity index (χ2v) is 6.61. The van der Waals surface area contributed by atoms with Crippen LogP contribution in [0.5, 0.6) is 0 Å². The van der Waals surface area contributed by atoms with E-state index in [2.05, 4.69) is 31.9 Å². The van der Waals surface area contributed by atoms with E-state index in [1.807, 2.05) is 20.8 Å². The van der Waals surface area contributed by atoms with E-state index in [0.717, 1.165) is 4.47 Å². The summed E-state index contributed by atoms with van der Waals surface area (Å²) >= 11 is 6.47. The average molecular weight is 381 g/mol. The maximum Gasteiger partial charge on any atom is 0.308 e. The second-order valence-electron chi connectivity index (χ2n) is 4.84. The van der Waals surface area contributed by atoms with Gasteiger partial charge in [-0.3, -0.25) is 9.59 Å². The minimum Gasteiger partial charge on any atom is -0.460 e. The van der Waals surface area contributed by atoms with Gasteiger partial charge in [0.05, 0.1) is 10.9 Å². The molecule has 1 rings (SSSR count). The molecule has 0 unspecified atom stereocenters. The molecule has 0 N–H and O–H groups in total. The summed E-state index contributed by atoms with van der Waals surface area (Å²) < 4.78 is 7.89. The van der Waals surface area contributed by atoms with Crippen LogP contribution < -0.4 is 5.56 Å². The largest absolute Gasteiger partial charge is 0.460 e. The van der Waals surface area contributed by atoms with Crippen LogP contribution in [0.4, 0.5) is 0 Å². The average Bonchev–Trinajstić information content (AvgIpc) is 2.18. The normalized spacial score (nSPS) is 11.4. The maximum absolute atomic E-state index is 11.8. The van der Waals surface area contributed by atoms with Crippen LogP contribution >= 0.6 is 31.9 Å². The zero-order valence-corrected chi connectivity index (χ0v) is 13.7. The molecule has 6 heteroatoms. The summed E-state index contributed by atoms with van der Waals surface area (Å²) in [6.07, 6.45) is 1.82. The summed E-state index contributed by atoms with van der Waals surface area (Å²) in [7, 11) is 0. The zero-order valence-electron chi connectivity index (χ0n) is 10.5. The Balaban J connectivity index is 2.70. The fourth-order valence-corrected chi connectivity index (χ4v) is 2.59. The van der Waals surface area contributed by atoms with Crippen LogP contribution in [-0.2, 0) is 16.1 Å². The van der Waals surface area contributed by atoms with E-state index in [1.165, 1.54) is 4.57 Å². The van der Waals surface area contributed by atoms with Crippen molar-refractivity contribution < 1.29 is 9.53 Å². The van der Waals surface area contributed by atoms with Gasteiger partial charge in [-0.15, -0.1) is 0 Å². The van der Waals surface area contributed by atoms with Crippen molar-refractivity contribution in [3.8, 4) is 0 Å². The summed E-state index contributed by atoms with van der Waals surface area (Å²) in [5.41, 5.74) is -0.665. The van der Waals surface area contributed by atoms with Crippen molar-refractivity contribution in [1.82, 2.24) is 4.57 Å². The number of carbonyl (C=O) groups excluding carboxylic acids is 1. The molecule has 0 aliphatic rings. The summed E-state index contributed by atoms with van der Waals surface area (Å²) in [5.74, 6) is -0.314. The summed E-state index contributed by atoms with van der Waals surface area (Å²) in [6, 6.07) is 1.67. The summed E-state index contributed by atoms with van der Waals surface area (Å²) in [4.78, 5) is 23.3. The first kappa shape index (κ1) is 15.4. The van der Waals surface area contributed by atoms with E-state index >= 15 is 0 Å². The van der Waals surface area contributed by atoms with Gasteiger partial charge in [-0.25, -0.2) is 0 Å². The lowest BCUT2D eigenvalue weighted by molar-refractivity contribution is -0.155. The predicted octanol–water partition coefficient (Wildman–Crippen LogP) is 3.11. The molecule has 0 saturated heterocycles. The van der Waals surface area contributed by atoms with Gasteiger partial charge in [-0.05, 0) is 58.7 Å². The Bertz CT molecular complexity index is 503. The van der Waals surface area contributed by atoms with E-state index in [1.54, 1.807) is 12.3 Å². The first-order valence-electron chi connectivity index (χ1n) is 5.46. The lowest BCUT2D eigenvalue weighted by atomic mass is 10.2.